The maximum absolute atomic E-state index is 11.8. The van der Waals surface area contributed by atoms with E-state index in [9.17, 15) is 14.9 Å². The summed E-state index contributed by atoms with van der Waals surface area (Å²) in [5.74, 6) is 0.317. The molecule has 1 N–H and O–H groups in total. The van der Waals surface area contributed by atoms with E-state index >= 15 is 0 Å². The normalized spacial score (nSPS) is 10.5. The minimum atomic E-state index is -0.606. The Balaban J connectivity index is 2.05. The van der Waals surface area contributed by atoms with Crippen LogP contribution < -0.4 is 10.1 Å². The molecule has 0 radical (unpaired) electrons. The average Bonchev–Trinajstić information content (AvgIpc) is 2.55. The fourth-order valence-corrected chi connectivity index (χ4v) is 1.99. The summed E-state index contributed by atoms with van der Waals surface area (Å²) in [6.07, 6.45) is 2.96. The van der Waals surface area contributed by atoms with Crippen molar-refractivity contribution < 1.29 is 14.5 Å². The Bertz CT molecular complexity index is 757. The molecule has 0 heterocycles. The Labute approximate surface area is 137 Å². The molecule has 118 valence electrons. The van der Waals surface area contributed by atoms with E-state index < -0.39 is 10.8 Å². The predicted molar refractivity (Wildman–Crippen MR) is 88.8 cm³/mol. The molecule has 7 heteroatoms. The van der Waals surface area contributed by atoms with Gasteiger partial charge in [0.05, 0.1) is 12.0 Å². The van der Waals surface area contributed by atoms with Gasteiger partial charge < -0.3 is 10.1 Å². The summed E-state index contributed by atoms with van der Waals surface area (Å²) in [6, 6.07) is 11.2. The van der Waals surface area contributed by atoms with Crippen LogP contribution in [0.3, 0.4) is 0 Å². The fraction of sp³-hybridized carbons (Fsp3) is 0.0625. The molecular weight excluding hydrogens is 320 g/mol. The van der Waals surface area contributed by atoms with Crippen molar-refractivity contribution >= 4 is 35.0 Å². The molecule has 0 atom stereocenters. The van der Waals surface area contributed by atoms with Crippen LogP contribution in [0.25, 0.3) is 6.08 Å². The summed E-state index contributed by atoms with van der Waals surface area (Å²) >= 11 is 5.72. The zero-order chi connectivity index (χ0) is 16.8. The molecule has 0 saturated carbocycles. The van der Waals surface area contributed by atoms with Crippen LogP contribution >= 0.6 is 11.6 Å². The van der Waals surface area contributed by atoms with Gasteiger partial charge in [-0.25, -0.2) is 0 Å². The third kappa shape index (κ3) is 4.55. The Morgan fingerprint density at radius 1 is 1.26 bits per heavy atom. The standard InChI is InChI=1S/C16H13ClN2O4/c1-23-13-6-2-11(3-7-13)4-9-16(20)18-12-5-8-14(17)15(10-12)19(21)22/h2-10H,1H3,(H,18,20)/b9-4+. The fourth-order valence-electron chi connectivity index (χ4n) is 1.80. The van der Waals surface area contributed by atoms with E-state index in [4.69, 9.17) is 16.3 Å². The lowest BCUT2D eigenvalue weighted by Gasteiger charge is -2.03. The lowest BCUT2D eigenvalue weighted by Crippen LogP contribution is -2.08. The lowest BCUT2D eigenvalue weighted by molar-refractivity contribution is -0.384. The number of nitro groups is 1. The van der Waals surface area contributed by atoms with E-state index in [2.05, 4.69) is 5.32 Å². The van der Waals surface area contributed by atoms with Crippen LogP contribution in [0.2, 0.25) is 5.02 Å². The summed E-state index contributed by atoms with van der Waals surface area (Å²) in [5.41, 5.74) is 0.858. The van der Waals surface area contributed by atoms with Gasteiger partial charge in [-0.05, 0) is 35.9 Å². The Hall–Kier alpha value is -2.86. The van der Waals surface area contributed by atoms with E-state index in [-0.39, 0.29) is 10.7 Å². The van der Waals surface area contributed by atoms with Crippen molar-refractivity contribution in [3.63, 3.8) is 0 Å². The molecule has 0 aliphatic carbocycles. The summed E-state index contributed by atoms with van der Waals surface area (Å²) in [7, 11) is 1.57. The van der Waals surface area contributed by atoms with Crippen LogP contribution in [0.4, 0.5) is 11.4 Å². The molecule has 0 spiro atoms. The molecule has 2 aromatic carbocycles. The van der Waals surface area contributed by atoms with Crippen molar-refractivity contribution in [1.29, 1.82) is 0 Å². The number of nitrogens with one attached hydrogen (secondary N) is 1. The Morgan fingerprint density at radius 3 is 2.57 bits per heavy atom. The Morgan fingerprint density at radius 2 is 1.96 bits per heavy atom. The zero-order valence-electron chi connectivity index (χ0n) is 12.2. The minimum absolute atomic E-state index is 0.0155. The third-order valence-electron chi connectivity index (χ3n) is 2.95. The van der Waals surface area contributed by atoms with Gasteiger partial charge in [-0.2, -0.15) is 0 Å². The van der Waals surface area contributed by atoms with Gasteiger partial charge in [-0.1, -0.05) is 23.7 Å². The number of ether oxygens (including phenoxy) is 1. The average molecular weight is 333 g/mol. The van der Waals surface area contributed by atoms with Crippen LogP contribution in [0.1, 0.15) is 5.56 Å². The number of benzene rings is 2. The molecule has 0 aromatic heterocycles. The maximum Gasteiger partial charge on any atom is 0.289 e. The minimum Gasteiger partial charge on any atom is -0.497 e. The van der Waals surface area contributed by atoms with E-state index in [0.29, 0.717) is 5.69 Å². The topological polar surface area (TPSA) is 81.5 Å². The molecule has 0 fully saturated rings. The first-order chi connectivity index (χ1) is 11.0. The molecule has 0 unspecified atom stereocenters. The SMILES string of the molecule is COc1ccc(/C=C/C(=O)Nc2ccc(Cl)c([N+](=O)[O-])c2)cc1. The molecule has 0 aliphatic heterocycles. The Kier molecular flexibility index (Phi) is 5.32. The number of carbonyl (C=O) groups excluding carboxylic acids is 1. The van der Waals surface area contributed by atoms with Gasteiger partial charge in [0.25, 0.3) is 5.69 Å². The van der Waals surface area contributed by atoms with Gasteiger partial charge in [-0.3, -0.25) is 14.9 Å². The highest BCUT2D eigenvalue weighted by Gasteiger charge is 2.13. The monoisotopic (exact) mass is 332 g/mol. The number of hydrogen-bond donors (Lipinski definition) is 1. The molecule has 0 bridgehead atoms. The quantitative estimate of drug-likeness (QED) is 0.511. The molecule has 0 saturated heterocycles. The largest absolute Gasteiger partial charge is 0.497 e. The predicted octanol–water partition coefficient (Wildman–Crippen LogP) is 3.91. The van der Waals surface area contributed by atoms with E-state index in [1.54, 1.807) is 37.5 Å². The van der Waals surface area contributed by atoms with Gasteiger partial charge >= 0.3 is 0 Å². The lowest BCUT2D eigenvalue weighted by atomic mass is 10.2. The number of methoxy groups -OCH3 is 1. The highest BCUT2D eigenvalue weighted by Crippen LogP contribution is 2.27. The number of nitro benzene ring substituents is 1. The molecule has 0 aliphatic rings. The second kappa shape index (κ2) is 7.42. The van der Waals surface area contributed by atoms with Crippen molar-refractivity contribution in [1.82, 2.24) is 0 Å². The second-order valence-corrected chi connectivity index (χ2v) is 4.93. The van der Waals surface area contributed by atoms with Crippen molar-refractivity contribution in [2.45, 2.75) is 0 Å². The van der Waals surface area contributed by atoms with Crippen LogP contribution in [-0.2, 0) is 4.79 Å². The maximum atomic E-state index is 11.8. The summed E-state index contributed by atoms with van der Waals surface area (Å²) in [6.45, 7) is 0. The molecule has 1 amide bonds. The zero-order valence-corrected chi connectivity index (χ0v) is 12.9. The number of nitrogens with zero attached hydrogens (tertiary/aromatic N) is 1. The van der Waals surface area contributed by atoms with Crippen LogP contribution in [0, 0.1) is 10.1 Å². The number of amides is 1. The number of hydrogen-bond acceptors (Lipinski definition) is 4. The highest BCUT2D eigenvalue weighted by atomic mass is 35.5. The van der Waals surface area contributed by atoms with E-state index in [0.717, 1.165) is 11.3 Å². The summed E-state index contributed by atoms with van der Waals surface area (Å²) in [5, 5.41) is 13.4. The molecule has 2 rings (SSSR count). The molecule has 2 aromatic rings. The smallest absolute Gasteiger partial charge is 0.289 e. The first-order valence-electron chi connectivity index (χ1n) is 6.56. The van der Waals surface area contributed by atoms with E-state index in [1.165, 1.54) is 24.3 Å². The van der Waals surface area contributed by atoms with Crippen LogP contribution in [-0.4, -0.2) is 17.9 Å². The first-order valence-corrected chi connectivity index (χ1v) is 6.94. The van der Waals surface area contributed by atoms with Crippen molar-refractivity contribution in [3.8, 4) is 5.75 Å². The van der Waals surface area contributed by atoms with Gasteiger partial charge in [0.1, 0.15) is 10.8 Å². The third-order valence-corrected chi connectivity index (χ3v) is 3.27. The van der Waals surface area contributed by atoms with Gasteiger partial charge in [0.2, 0.25) is 5.91 Å². The molecular formula is C16H13ClN2O4. The molecule has 23 heavy (non-hydrogen) atoms. The number of anilines is 1. The highest BCUT2D eigenvalue weighted by molar-refractivity contribution is 6.32. The first kappa shape index (κ1) is 16.5. The van der Waals surface area contributed by atoms with Crippen LogP contribution in [0.15, 0.2) is 48.5 Å². The molecule has 6 nitrogen and oxygen atoms in total. The van der Waals surface area contributed by atoms with Gasteiger partial charge in [0, 0.05) is 17.8 Å². The van der Waals surface area contributed by atoms with Gasteiger partial charge in [-0.15, -0.1) is 0 Å². The van der Waals surface area contributed by atoms with Crippen LogP contribution in [0.5, 0.6) is 5.75 Å². The van der Waals surface area contributed by atoms with Crippen molar-refractivity contribution in [2.24, 2.45) is 0 Å². The van der Waals surface area contributed by atoms with E-state index in [1.807, 2.05) is 0 Å². The summed E-state index contributed by atoms with van der Waals surface area (Å²) < 4.78 is 5.04. The number of carbonyl (C=O) groups is 1. The van der Waals surface area contributed by atoms with Crippen molar-refractivity contribution in [3.05, 3.63) is 69.2 Å². The van der Waals surface area contributed by atoms with Gasteiger partial charge in [0.15, 0.2) is 0 Å². The second-order valence-electron chi connectivity index (χ2n) is 4.52. The van der Waals surface area contributed by atoms with Crippen molar-refractivity contribution in [2.75, 3.05) is 12.4 Å². The summed E-state index contributed by atoms with van der Waals surface area (Å²) in [4.78, 5) is 22.1. The number of rotatable bonds is 5. The number of halogens is 1.